The van der Waals surface area contributed by atoms with Gasteiger partial charge in [-0.05, 0) is 26.2 Å². The molecule has 1 aromatic carbocycles. The van der Waals surface area contributed by atoms with Gasteiger partial charge in [-0.2, -0.15) is 5.10 Å². The fourth-order valence-corrected chi connectivity index (χ4v) is 2.14. The molecule has 0 fully saturated rings. The zero-order valence-corrected chi connectivity index (χ0v) is 12.8. The molecule has 0 aliphatic rings. The van der Waals surface area contributed by atoms with Crippen molar-refractivity contribution in [1.29, 1.82) is 0 Å². The molecule has 0 saturated heterocycles. The Bertz CT molecular complexity index is 689. The Kier molecular flexibility index (Phi) is 5.24. The number of nitro groups is 1. The van der Waals surface area contributed by atoms with Crippen LogP contribution < -0.4 is 5.32 Å². The molecular formula is C14H18FN5O3. The van der Waals surface area contributed by atoms with E-state index < -0.39 is 16.8 Å². The number of aromatic nitrogens is 2. The van der Waals surface area contributed by atoms with E-state index in [2.05, 4.69) is 10.4 Å². The lowest BCUT2D eigenvalue weighted by molar-refractivity contribution is -0.384. The van der Waals surface area contributed by atoms with E-state index in [1.807, 2.05) is 19.0 Å². The zero-order chi connectivity index (χ0) is 17.0. The summed E-state index contributed by atoms with van der Waals surface area (Å²) < 4.78 is 14.7. The number of hydrogen-bond acceptors (Lipinski definition) is 6. The van der Waals surface area contributed by atoms with Crippen molar-refractivity contribution in [3.63, 3.8) is 0 Å². The first kappa shape index (κ1) is 16.8. The third-order valence-electron chi connectivity index (χ3n) is 3.04. The van der Waals surface area contributed by atoms with Crippen LogP contribution in [0.2, 0.25) is 0 Å². The van der Waals surface area contributed by atoms with E-state index in [0.29, 0.717) is 18.8 Å². The van der Waals surface area contributed by atoms with Crippen molar-refractivity contribution in [1.82, 2.24) is 14.7 Å². The third kappa shape index (κ3) is 4.73. The van der Waals surface area contributed by atoms with Gasteiger partial charge in [0.15, 0.2) is 0 Å². The van der Waals surface area contributed by atoms with Gasteiger partial charge in [0.1, 0.15) is 11.5 Å². The van der Waals surface area contributed by atoms with Gasteiger partial charge >= 0.3 is 0 Å². The van der Waals surface area contributed by atoms with Crippen molar-refractivity contribution >= 4 is 17.1 Å². The molecule has 0 aliphatic carbocycles. The Hall–Kier alpha value is -2.52. The summed E-state index contributed by atoms with van der Waals surface area (Å²) in [5.74, 6) is -0.676. The van der Waals surface area contributed by atoms with Crippen molar-refractivity contribution in [3.8, 4) is 0 Å². The van der Waals surface area contributed by atoms with Gasteiger partial charge in [0, 0.05) is 12.7 Å². The highest BCUT2D eigenvalue weighted by Crippen LogP contribution is 2.28. The molecule has 0 spiro atoms. The van der Waals surface area contributed by atoms with Gasteiger partial charge in [0.25, 0.3) is 5.69 Å². The highest BCUT2D eigenvalue weighted by molar-refractivity contribution is 5.68. The normalized spacial score (nSPS) is 12.4. The summed E-state index contributed by atoms with van der Waals surface area (Å²) in [6.45, 7) is 0.789. The van der Waals surface area contributed by atoms with Crippen LogP contribution in [0, 0.1) is 15.9 Å². The molecule has 2 rings (SSSR count). The number of hydrogen-bond donors (Lipinski definition) is 2. The van der Waals surface area contributed by atoms with E-state index in [-0.39, 0.29) is 11.4 Å². The molecule has 1 heterocycles. The molecule has 2 aromatic rings. The maximum absolute atomic E-state index is 13.1. The van der Waals surface area contributed by atoms with Gasteiger partial charge in [-0.25, -0.2) is 4.39 Å². The van der Waals surface area contributed by atoms with Crippen LogP contribution in [0.3, 0.4) is 0 Å². The van der Waals surface area contributed by atoms with Crippen LogP contribution in [0.15, 0.2) is 30.6 Å². The summed E-state index contributed by atoms with van der Waals surface area (Å²) in [5, 5.41) is 27.7. The predicted molar refractivity (Wildman–Crippen MR) is 83.1 cm³/mol. The van der Waals surface area contributed by atoms with E-state index in [0.717, 1.165) is 12.1 Å². The molecule has 0 saturated carbocycles. The summed E-state index contributed by atoms with van der Waals surface area (Å²) >= 11 is 0. The Labute approximate surface area is 132 Å². The largest absolute Gasteiger partial charge is 0.390 e. The van der Waals surface area contributed by atoms with E-state index in [9.17, 15) is 19.6 Å². The molecule has 1 unspecified atom stereocenters. The summed E-state index contributed by atoms with van der Waals surface area (Å²) in [6, 6.07) is 3.29. The number of aliphatic hydroxyl groups excluding tert-OH is 1. The lowest BCUT2D eigenvalue weighted by Crippen LogP contribution is -2.29. The fraction of sp³-hybridized carbons (Fsp3) is 0.357. The van der Waals surface area contributed by atoms with Gasteiger partial charge in [-0.15, -0.1) is 0 Å². The molecular weight excluding hydrogens is 305 g/mol. The SMILES string of the molecule is CN(C)CC(O)Cn1cc(Nc2ccc(F)cc2[N+](=O)[O-])cn1. The molecule has 0 bridgehead atoms. The van der Waals surface area contributed by atoms with Crippen LogP contribution in [0.1, 0.15) is 0 Å². The van der Waals surface area contributed by atoms with Crippen LogP contribution in [0.25, 0.3) is 0 Å². The molecule has 0 radical (unpaired) electrons. The number of nitrogens with one attached hydrogen (secondary N) is 1. The van der Waals surface area contributed by atoms with Crippen LogP contribution >= 0.6 is 0 Å². The topological polar surface area (TPSA) is 96.5 Å². The highest BCUT2D eigenvalue weighted by atomic mass is 19.1. The van der Waals surface area contributed by atoms with Gasteiger partial charge in [0.2, 0.25) is 0 Å². The van der Waals surface area contributed by atoms with Crippen molar-refractivity contribution < 1.29 is 14.4 Å². The standard InChI is InChI=1S/C14H18FN5O3/c1-18(2)8-12(21)9-19-7-11(6-16-19)17-13-4-3-10(15)5-14(13)20(22)23/h3-7,12,17,21H,8-9H2,1-2H3. The summed E-state index contributed by atoms with van der Waals surface area (Å²) in [6.07, 6.45) is 2.51. The van der Waals surface area contributed by atoms with E-state index in [1.54, 1.807) is 6.20 Å². The zero-order valence-electron chi connectivity index (χ0n) is 12.8. The first-order chi connectivity index (χ1) is 10.8. The quantitative estimate of drug-likeness (QED) is 0.593. The maximum Gasteiger partial charge on any atom is 0.295 e. The second-order valence-electron chi connectivity index (χ2n) is 5.41. The van der Waals surface area contributed by atoms with E-state index in [1.165, 1.54) is 16.9 Å². The lowest BCUT2D eigenvalue weighted by atomic mass is 10.2. The highest BCUT2D eigenvalue weighted by Gasteiger charge is 2.16. The summed E-state index contributed by atoms with van der Waals surface area (Å²) in [7, 11) is 3.71. The van der Waals surface area contributed by atoms with E-state index in [4.69, 9.17) is 0 Å². The Balaban J connectivity index is 2.09. The van der Waals surface area contributed by atoms with Crippen LogP contribution in [-0.2, 0) is 6.54 Å². The number of anilines is 2. The number of likely N-dealkylation sites (N-methyl/N-ethyl adjacent to an activating group) is 1. The Morgan fingerprint density at radius 2 is 2.26 bits per heavy atom. The van der Waals surface area contributed by atoms with Gasteiger partial charge in [0.05, 0.1) is 35.5 Å². The minimum Gasteiger partial charge on any atom is -0.390 e. The molecule has 0 aliphatic heterocycles. The van der Waals surface area contributed by atoms with Crippen molar-refractivity contribution in [3.05, 3.63) is 46.5 Å². The number of nitrogens with zero attached hydrogens (tertiary/aromatic N) is 4. The molecule has 8 nitrogen and oxygen atoms in total. The average Bonchev–Trinajstić information content (AvgIpc) is 2.86. The lowest BCUT2D eigenvalue weighted by Gasteiger charge is -2.15. The third-order valence-corrected chi connectivity index (χ3v) is 3.04. The first-order valence-corrected chi connectivity index (χ1v) is 6.91. The van der Waals surface area contributed by atoms with Crippen LogP contribution in [-0.4, -0.2) is 51.5 Å². The number of halogens is 1. The summed E-state index contributed by atoms with van der Waals surface area (Å²) in [5.41, 5.74) is 0.326. The fourth-order valence-electron chi connectivity index (χ4n) is 2.14. The average molecular weight is 323 g/mol. The maximum atomic E-state index is 13.1. The van der Waals surface area contributed by atoms with Gasteiger partial charge in [-0.3, -0.25) is 14.8 Å². The molecule has 0 amide bonds. The smallest absolute Gasteiger partial charge is 0.295 e. The molecule has 1 atom stereocenters. The molecule has 23 heavy (non-hydrogen) atoms. The predicted octanol–water partition coefficient (Wildman–Crippen LogP) is 1.60. The number of benzene rings is 1. The number of rotatable bonds is 7. The summed E-state index contributed by atoms with van der Waals surface area (Å²) in [4.78, 5) is 12.2. The number of nitro benzene ring substituents is 1. The van der Waals surface area contributed by atoms with E-state index >= 15 is 0 Å². The second kappa shape index (κ2) is 7.16. The minimum atomic E-state index is -0.676. The Morgan fingerprint density at radius 3 is 2.91 bits per heavy atom. The van der Waals surface area contributed by atoms with Gasteiger partial charge < -0.3 is 15.3 Å². The van der Waals surface area contributed by atoms with Crippen molar-refractivity contribution in [2.45, 2.75) is 12.6 Å². The van der Waals surface area contributed by atoms with Crippen LogP contribution in [0.5, 0.6) is 0 Å². The van der Waals surface area contributed by atoms with Crippen LogP contribution in [0.4, 0.5) is 21.5 Å². The molecule has 9 heteroatoms. The number of aliphatic hydroxyl groups is 1. The molecule has 2 N–H and O–H groups in total. The van der Waals surface area contributed by atoms with Gasteiger partial charge in [-0.1, -0.05) is 0 Å². The Morgan fingerprint density at radius 1 is 1.52 bits per heavy atom. The first-order valence-electron chi connectivity index (χ1n) is 6.91. The van der Waals surface area contributed by atoms with Crippen molar-refractivity contribution in [2.24, 2.45) is 0 Å². The monoisotopic (exact) mass is 323 g/mol. The second-order valence-corrected chi connectivity index (χ2v) is 5.41. The minimum absolute atomic E-state index is 0.171. The molecule has 124 valence electrons. The van der Waals surface area contributed by atoms with Crippen molar-refractivity contribution in [2.75, 3.05) is 26.0 Å². The molecule has 1 aromatic heterocycles.